The molecule has 1 aromatic carbocycles. The third-order valence-electron chi connectivity index (χ3n) is 4.39. The van der Waals surface area contributed by atoms with E-state index in [4.69, 9.17) is 5.11 Å². The highest BCUT2D eigenvalue weighted by Crippen LogP contribution is 2.31. The minimum absolute atomic E-state index is 0.00520. The van der Waals surface area contributed by atoms with E-state index in [-0.39, 0.29) is 17.5 Å². The van der Waals surface area contributed by atoms with Crippen molar-refractivity contribution in [1.29, 1.82) is 0 Å². The molecular formula is C15H22BrNO3S. The van der Waals surface area contributed by atoms with Gasteiger partial charge in [0, 0.05) is 10.5 Å². The Morgan fingerprint density at radius 2 is 2.00 bits per heavy atom. The minimum Gasteiger partial charge on any atom is -0.392 e. The van der Waals surface area contributed by atoms with E-state index in [1.165, 1.54) is 6.07 Å². The van der Waals surface area contributed by atoms with Crippen molar-refractivity contribution < 1.29 is 13.5 Å². The summed E-state index contributed by atoms with van der Waals surface area (Å²) in [4.78, 5) is 0.228. The highest BCUT2D eigenvalue weighted by Gasteiger charge is 2.29. The molecule has 0 aliphatic heterocycles. The van der Waals surface area contributed by atoms with Crippen LogP contribution in [0.1, 0.15) is 38.7 Å². The van der Waals surface area contributed by atoms with Crippen molar-refractivity contribution in [2.24, 2.45) is 11.8 Å². The predicted octanol–water partition coefficient (Wildman–Crippen LogP) is 3.04. The molecule has 4 nitrogen and oxygen atoms in total. The molecule has 118 valence electrons. The second-order valence-corrected chi connectivity index (χ2v) is 8.55. The van der Waals surface area contributed by atoms with Crippen LogP contribution >= 0.6 is 15.9 Å². The van der Waals surface area contributed by atoms with Gasteiger partial charge in [0.2, 0.25) is 10.0 Å². The lowest BCUT2D eigenvalue weighted by molar-refractivity contribution is 0.242. The fourth-order valence-electron chi connectivity index (χ4n) is 2.80. The van der Waals surface area contributed by atoms with Gasteiger partial charge in [-0.3, -0.25) is 0 Å². The molecule has 3 unspecified atom stereocenters. The number of aliphatic hydroxyl groups is 1. The Bertz CT molecular complexity index is 603. The Balaban J connectivity index is 2.15. The summed E-state index contributed by atoms with van der Waals surface area (Å²) >= 11 is 3.28. The van der Waals surface area contributed by atoms with Crippen LogP contribution in [0.2, 0.25) is 0 Å². The fraction of sp³-hybridized carbons (Fsp3) is 0.600. The van der Waals surface area contributed by atoms with Crippen LogP contribution in [0.4, 0.5) is 0 Å². The van der Waals surface area contributed by atoms with Gasteiger partial charge in [0.05, 0.1) is 11.5 Å². The van der Waals surface area contributed by atoms with E-state index in [1.807, 2.05) is 0 Å². The highest BCUT2D eigenvalue weighted by molar-refractivity contribution is 9.10. The molecule has 1 fully saturated rings. The van der Waals surface area contributed by atoms with Crippen LogP contribution < -0.4 is 4.72 Å². The second-order valence-electron chi connectivity index (χ2n) is 6.01. The number of hydrogen-bond donors (Lipinski definition) is 2. The van der Waals surface area contributed by atoms with Gasteiger partial charge >= 0.3 is 0 Å². The van der Waals surface area contributed by atoms with Crippen molar-refractivity contribution in [1.82, 2.24) is 4.72 Å². The Kier molecular flexibility index (Phi) is 5.46. The topological polar surface area (TPSA) is 66.4 Å². The summed E-state index contributed by atoms with van der Waals surface area (Å²) in [5, 5.41) is 9.08. The molecule has 0 amide bonds. The molecule has 0 aromatic heterocycles. The normalized spacial score (nSPS) is 26.8. The maximum Gasteiger partial charge on any atom is 0.241 e. The van der Waals surface area contributed by atoms with Gasteiger partial charge in [0.15, 0.2) is 0 Å². The Morgan fingerprint density at radius 1 is 1.29 bits per heavy atom. The number of hydrogen-bond acceptors (Lipinski definition) is 3. The van der Waals surface area contributed by atoms with Crippen molar-refractivity contribution in [3.63, 3.8) is 0 Å². The lowest BCUT2D eigenvalue weighted by atomic mass is 9.79. The molecule has 0 spiro atoms. The lowest BCUT2D eigenvalue weighted by Gasteiger charge is -2.32. The summed E-state index contributed by atoms with van der Waals surface area (Å²) in [5.74, 6) is 1.19. The number of nitrogens with one attached hydrogen (secondary N) is 1. The monoisotopic (exact) mass is 375 g/mol. The zero-order valence-corrected chi connectivity index (χ0v) is 14.7. The first-order chi connectivity index (χ1) is 9.83. The zero-order chi connectivity index (χ0) is 15.6. The van der Waals surface area contributed by atoms with Gasteiger partial charge in [-0.25, -0.2) is 13.1 Å². The number of halogens is 1. The minimum atomic E-state index is -3.53. The summed E-state index contributed by atoms with van der Waals surface area (Å²) in [6.07, 6.45) is 2.82. The molecule has 1 aromatic rings. The van der Waals surface area contributed by atoms with Crippen molar-refractivity contribution in [3.05, 3.63) is 28.2 Å². The van der Waals surface area contributed by atoms with Crippen molar-refractivity contribution >= 4 is 26.0 Å². The van der Waals surface area contributed by atoms with E-state index in [9.17, 15) is 8.42 Å². The Morgan fingerprint density at radius 3 is 2.57 bits per heavy atom. The summed E-state index contributed by atoms with van der Waals surface area (Å²) in [6, 6.07) is 4.81. The van der Waals surface area contributed by atoms with Crippen molar-refractivity contribution in [2.75, 3.05) is 0 Å². The molecule has 0 heterocycles. The molecule has 0 bridgehead atoms. The van der Waals surface area contributed by atoms with E-state index in [2.05, 4.69) is 34.5 Å². The number of sulfonamides is 1. The molecule has 2 N–H and O–H groups in total. The van der Waals surface area contributed by atoms with Crippen molar-refractivity contribution in [3.8, 4) is 0 Å². The van der Waals surface area contributed by atoms with Gasteiger partial charge in [-0.2, -0.15) is 0 Å². The van der Waals surface area contributed by atoms with Crippen LogP contribution in [-0.4, -0.2) is 19.6 Å². The molecule has 1 saturated carbocycles. The largest absolute Gasteiger partial charge is 0.392 e. The van der Waals surface area contributed by atoms with Crippen LogP contribution in [0.25, 0.3) is 0 Å². The SMILES string of the molecule is CC1CCC(NS(=O)(=O)c2ccc(CO)cc2Br)CC1C. The van der Waals surface area contributed by atoms with Gasteiger partial charge in [-0.15, -0.1) is 0 Å². The van der Waals surface area contributed by atoms with Gasteiger partial charge in [0.1, 0.15) is 0 Å². The van der Waals surface area contributed by atoms with Crippen LogP contribution in [-0.2, 0) is 16.6 Å². The standard InChI is InChI=1S/C15H22BrNO3S/c1-10-3-5-13(7-11(10)2)17-21(19,20)15-6-4-12(9-18)8-14(15)16/h4,6,8,10-11,13,17-18H,3,5,7,9H2,1-2H3. The van der Waals surface area contributed by atoms with Crippen LogP contribution in [0.5, 0.6) is 0 Å². The summed E-state index contributed by atoms with van der Waals surface area (Å²) in [5.41, 5.74) is 0.681. The second kappa shape index (κ2) is 6.77. The number of aliphatic hydroxyl groups excluding tert-OH is 1. The lowest BCUT2D eigenvalue weighted by Crippen LogP contribution is -2.39. The summed E-state index contributed by atoms with van der Waals surface area (Å²) in [7, 11) is -3.53. The zero-order valence-electron chi connectivity index (χ0n) is 12.3. The molecule has 6 heteroatoms. The van der Waals surface area contributed by atoms with Crippen molar-refractivity contribution in [2.45, 2.75) is 50.7 Å². The number of rotatable bonds is 4. The molecule has 0 radical (unpaired) electrons. The van der Waals surface area contributed by atoms with E-state index in [0.29, 0.717) is 21.9 Å². The Hall–Kier alpha value is -0.430. The average Bonchev–Trinajstić information content (AvgIpc) is 2.42. The predicted molar refractivity (Wildman–Crippen MR) is 86.4 cm³/mol. The fourth-order valence-corrected chi connectivity index (χ4v) is 5.21. The first-order valence-corrected chi connectivity index (χ1v) is 9.52. The van der Waals surface area contributed by atoms with Gasteiger partial charge in [-0.05, 0) is 64.7 Å². The maximum atomic E-state index is 12.5. The molecule has 3 atom stereocenters. The number of benzene rings is 1. The van der Waals surface area contributed by atoms with Crippen LogP contribution in [0.3, 0.4) is 0 Å². The molecule has 1 aliphatic rings. The molecule has 0 saturated heterocycles. The molecule has 2 rings (SSSR count). The highest BCUT2D eigenvalue weighted by atomic mass is 79.9. The summed E-state index contributed by atoms with van der Waals surface area (Å²) < 4.78 is 28.3. The molecule has 1 aliphatic carbocycles. The summed E-state index contributed by atoms with van der Waals surface area (Å²) in [6.45, 7) is 4.29. The third-order valence-corrected chi connectivity index (χ3v) is 6.89. The van der Waals surface area contributed by atoms with Gasteiger partial charge < -0.3 is 5.11 Å². The Labute approximate surface area is 135 Å². The van der Waals surface area contributed by atoms with E-state index >= 15 is 0 Å². The maximum absolute atomic E-state index is 12.5. The van der Waals surface area contributed by atoms with E-state index in [0.717, 1.165) is 19.3 Å². The average molecular weight is 376 g/mol. The van der Waals surface area contributed by atoms with Gasteiger partial charge in [-0.1, -0.05) is 19.9 Å². The van der Waals surface area contributed by atoms with Crippen LogP contribution in [0, 0.1) is 11.8 Å². The van der Waals surface area contributed by atoms with E-state index in [1.54, 1.807) is 12.1 Å². The quantitative estimate of drug-likeness (QED) is 0.849. The molecular weight excluding hydrogens is 354 g/mol. The van der Waals surface area contributed by atoms with Gasteiger partial charge in [0.25, 0.3) is 0 Å². The van der Waals surface area contributed by atoms with Crippen LogP contribution in [0.15, 0.2) is 27.6 Å². The smallest absolute Gasteiger partial charge is 0.241 e. The first kappa shape index (κ1) is 16.9. The third kappa shape index (κ3) is 4.06. The van der Waals surface area contributed by atoms with E-state index < -0.39 is 10.0 Å². The first-order valence-electron chi connectivity index (χ1n) is 7.25. The molecule has 21 heavy (non-hydrogen) atoms.